The molecule has 1 heterocycles. The van der Waals surface area contributed by atoms with Gasteiger partial charge in [-0.1, -0.05) is 12.1 Å². The number of nitrogens with zero attached hydrogens (tertiary/aromatic N) is 1. The van der Waals surface area contributed by atoms with Crippen molar-refractivity contribution in [2.75, 3.05) is 0 Å². The molecular formula is C7H4NO2RfS2-. The molecule has 0 bridgehead atoms. The number of hydrogen-bond donors (Lipinski definition) is 0. The molecule has 0 fully saturated rings. The van der Waals surface area contributed by atoms with Gasteiger partial charge in [0.1, 0.15) is 0 Å². The van der Waals surface area contributed by atoms with E-state index in [9.17, 15) is 8.42 Å². The van der Waals surface area contributed by atoms with Crippen LogP contribution in [0, 0.1) is 0 Å². The van der Waals surface area contributed by atoms with Gasteiger partial charge in [0.2, 0.25) is 0 Å². The molecule has 0 N–H and O–H groups in total. The largest absolute Gasteiger partial charge is 0.417 e. The Morgan fingerprint density at radius 2 is 1.92 bits per heavy atom. The van der Waals surface area contributed by atoms with Crippen LogP contribution in [0.15, 0.2) is 28.6 Å². The van der Waals surface area contributed by atoms with Crippen molar-refractivity contribution < 1.29 is 8.42 Å². The molecule has 0 saturated carbocycles. The monoisotopic (exact) mass is 465 g/mol. The van der Waals surface area contributed by atoms with Gasteiger partial charge in [-0.2, -0.15) is 0 Å². The molecular weight excluding hydrogens is 461 g/mol. The first-order valence-corrected chi connectivity index (χ1v) is 5.11. The normalized spacial score (nSPS) is 10.2. The molecule has 64 valence electrons. The first kappa shape index (κ1) is 9.15. The Kier molecular flexibility index (Phi) is 2.25. The Bertz CT molecular complexity index is 451. The van der Waals surface area contributed by atoms with Crippen molar-refractivity contribution in [2.45, 2.75) is 4.34 Å². The molecule has 0 unspecified atom stereocenters. The van der Waals surface area contributed by atoms with E-state index in [4.69, 9.17) is 0 Å². The molecule has 0 atom stereocenters. The SMILES string of the molecule is O=[S-](=O)c1nc2ccccc2s1.[Rf]. The summed E-state index contributed by atoms with van der Waals surface area (Å²) >= 11 is 1.18. The maximum Gasteiger partial charge on any atom is 0.0793 e. The first-order chi connectivity index (χ1) is 5.77. The van der Waals surface area contributed by atoms with Gasteiger partial charge in [-0.25, -0.2) is 0 Å². The Balaban J connectivity index is 0.000000845. The molecule has 3 nitrogen and oxygen atoms in total. The molecule has 1 aromatic carbocycles. The number of aromatic nitrogens is 1. The first-order valence-electron chi connectivity index (χ1n) is 3.22. The predicted octanol–water partition coefficient (Wildman–Crippen LogP) is 1.96. The second-order valence-corrected chi connectivity index (χ2v) is 4.33. The van der Waals surface area contributed by atoms with Crippen LogP contribution in [0.25, 0.3) is 10.2 Å². The Hall–Kier alpha value is -1.94. The number of benzene rings is 1. The summed E-state index contributed by atoms with van der Waals surface area (Å²) in [6.45, 7) is 0. The maximum atomic E-state index is 10.5. The Labute approximate surface area is 74.6 Å². The van der Waals surface area contributed by atoms with Gasteiger partial charge in [0, 0.05) is 0 Å². The van der Waals surface area contributed by atoms with E-state index in [1.807, 2.05) is 18.2 Å². The Morgan fingerprint density at radius 3 is 2.54 bits per heavy atom. The number of rotatable bonds is 1. The van der Waals surface area contributed by atoms with Crippen LogP contribution in [0.4, 0.5) is 0 Å². The molecule has 1 aromatic heterocycles. The minimum atomic E-state index is -2.20. The van der Waals surface area contributed by atoms with Gasteiger partial charge >= 0.3 is 0 Å². The van der Waals surface area contributed by atoms with Gasteiger partial charge in [0.15, 0.2) is 0 Å². The van der Waals surface area contributed by atoms with Crippen LogP contribution in [0.3, 0.4) is 0 Å². The molecule has 0 amide bonds. The van der Waals surface area contributed by atoms with Crippen molar-refractivity contribution in [3.63, 3.8) is 0 Å². The molecule has 0 radical (unpaired) electrons. The molecule has 2 aromatic rings. The molecule has 13 heavy (non-hydrogen) atoms. The zero-order valence-corrected chi connectivity index (χ0v) is 14.6. The molecule has 0 spiro atoms. The molecule has 0 aliphatic rings. The fourth-order valence-electron chi connectivity index (χ4n) is 0.922. The molecule has 6 heteroatoms. The summed E-state index contributed by atoms with van der Waals surface area (Å²) in [4.78, 5) is 3.92. The quantitative estimate of drug-likeness (QED) is 0.606. The number of hydrogen-bond acceptors (Lipinski definition) is 5. The zero-order chi connectivity index (χ0) is 8.55. The van der Waals surface area contributed by atoms with E-state index in [1.165, 1.54) is 11.3 Å². The van der Waals surface area contributed by atoms with E-state index in [0.717, 1.165) is 10.2 Å². The minimum Gasteiger partial charge on any atom is -0.417 e. The summed E-state index contributed by atoms with van der Waals surface area (Å²) in [6, 6.07) is 7.34. The summed E-state index contributed by atoms with van der Waals surface area (Å²) in [5, 5.41) is 0. The number of thiazole rings is 1. The smallest absolute Gasteiger partial charge is 0.0793 e. The summed E-state index contributed by atoms with van der Waals surface area (Å²) < 4.78 is 22.1. The van der Waals surface area contributed by atoms with Gasteiger partial charge in [-0.05, 0) is 22.8 Å². The van der Waals surface area contributed by atoms with Crippen LogP contribution in [0.5, 0.6) is 0 Å². The van der Waals surface area contributed by atoms with Gasteiger partial charge in [-0.15, -0.1) is 11.3 Å². The van der Waals surface area contributed by atoms with Gasteiger partial charge < -0.3 is 8.42 Å². The van der Waals surface area contributed by atoms with Crippen molar-refractivity contribution >= 4 is 32.3 Å². The molecule has 2 rings (SSSR count). The van der Waals surface area contributed by atoms with Crippen molar-refractivity contribution in [3.05, 3.63) is 24.3 Å². The van der Waals surface area contributed by atoms with Crippen LogP contribution in [-0.4, -0.2) is 4.98 Å². The number of fused-ring (bicyclic) bond motifs is 1. The average molecular weight is 465 g/mol. The summed E-state index contributed by atoms with van der Waals surface area (Å²) in [5.41, 5.74) is 0.738. The van der Waals surface area contributed by atoms with Crippen LogP contribution in [-0.2, 0) is 19.1 Å². The van der Waals surface area contributed by atoms with Gasteiger partial charge in [-0.3, -0.25) is 4.98 Å². The van der Waals surface area contributed by atoms with Gasteiger partial charge in [0.25, 0.3) is 0 Å². The summed E-state index contributed by atoms with van der Waals surface area (Å²) in [6.07, 6.45) is 0. The summed E-state index contributed by atoms with van der Waals surface area (Å²) in [5.74, 6) is 0. The van der Waals surface area contributed by atoms with Crippen molar-refractivity contribution in [1.29, 1.82) is 0 Å². The van der Waals surface area contributed by atoms with E-state index in [2.05, 4.69) is 4.98 Å². The van der Waals surface area contributed by atoms with Crippen LogP contribution < -0.4 is 0 Å². The third kappa shape index (κ3) is 1.47. The Morgan fingerprint density at radius 1 is 1.23 bits per heavy atom. The average Bonchev–Trinajstić information content (AvgIpc) is 2.46. The van der Waals surface area contributed by atoms with Crippen molar-refractivity contribution in [1.82, 2.24) is 4.98 Å². The van der Waals surface area contributed by atoms with Crippen LogP contribution in [0.2, 0.25) is 0 Å². The maximum absolute atomic E-state index is 10.5. The van der Waals surface area contributed by atoms with Crippen molar-refractivity contribution in [2.24, 2.45) is 0 Å². The standard InChI is InChI=1S/C7H4NO2S2.Rf/c9-12(10)7-8-5-3-1-2-4-6(5)11-7;/h1-4H;/q-1;. The van der Waals surface area contributed by atoms with E-state index in [1.54, 1.807) is 6.07 Å². The minimum absolute atomic E-state index is 0. The van der Waals surface area contributed by atoms with Crippen molar-refractivity contribution in [3.8, 4) is 0 Å². The fourth-order valence-corrected chi connectivity index (χ4v) is 2.33. The van der Waals surface area contributed by atoms with E-state index >= 15 is 0 Å². The second kappa shape index (κ2) is 3.20. The van der Waals surface area contributed by atoms with Crippen LogP contribution >= 0.6 is 11.3 Å². The van der Waals surface area contributed by atoms with Crippen LogP contribution in [0.1, 0.15) is 0 Å². The second-order valence-electron chi connectivity index (χ2n) is 2.18. The predicted molar refractivity (Wildman–Crippen MR) is 46.6 cm³/mol. The zero-order valence-electron chi connectivity index (χ0n) is 6.60. The topological polar surface area (TPSA) is 47.0 Å². The summed E-state index contributed by atoms with van der Waals surface area (Å²) in [7, 11) is -2.20. The van der Waals surface area contributed by atoms with E-state index < -0.39 is 10.7 Å². The third-order valence-electron chi connectivity index (χ3n) is 1.42. The van der Waals surface area contributed by atoms with E-state index in [0.29, 0.717) is 0 Å². The molecule has 0 saturated heterocycles. The fraction of sp³-hybridized carbons (Fsp3) is 0. The number of para-hydroxylation sites is 1. The van der Waals surface area contributed by atoms with Gasteiger partial charge in [0.05, 0.1) is 14.6 Å². The molecule has 0 aliphatic heterocycles. The van der Waals surface area contributed by atoms with E-state index in [-0.39, 0.29) is 4.34 Å². The molecule has 0 aliphatic carbocycles. The third-order valence-corrected chi connectivity index (χ3v) is 3.28.